The number of nitrogens with one attached hydrogen (secondary N) is 1. The summed E-state index contributed by atoms with van der Waals surface area (Å²) >= 11 is 0. The Labute approximate surface area is 150 Å². The molecule has 0 saturated carbocycles. The monoisotopic (exact) mass is 366 g/mol. The highest BCUT2D eigenvalue weighted by Gasteiger charge is 2.27. The Balaban J connectivity index is 1.87. The van der Waals surface area contributed by atoms with Crippen LogP contribution in [-0.2, 0) is 6.54 Å². The van der Waals surface area contributed by atoms with E-state index in [1.165, 1.54) is 12.1 Å². The maximum absolute atomic E-state index is 12.1. The number of benzene rings is 2. The highest BCUT2D eigenvalue weighted by Crippen LogP contribution is 2.15. The van der Waals surface area contributed by atoms with Crippen molar-refractivity contribution >= 4 is 5.91 Å². The maximum Gasteiger partial charge on any atom is 0.405 e. The molecule has 2 N–H and O–H groups in total. The number of nitrogens with zero attached hydrogens (tertiary/aromatic N) is 1. The third-order valence-corrected chi connectivity index (χ3v) is 3.79. The van der Waals surface area contributed by atoms with Gasteiger partial charge in [-0.2, -0.15) is 13.2 Å². The Hall–Kier alpha value is -2.38. The number of rotatable bonds is 7. The van der Waals surface area contributed by atoms with E-state index in [1.807, 2.05) is 47.6 Å². The zero-order chi connectivity index (χ0) is 19.2. The van der Waals surface area contributed by atoms with Gasteiger partial charge in [-0.15, -0.1) is 0 Å². The molecule has 4 nitrogen and oxygen atoms in total. The highest BCUT2D eigenvalue weighted by atomic mass is 19.4. The van der Waals surface area contributed by atoms with Crippen LogP contribution in [0.5, 0.6) is 0 Å². The van der Waals surface area contributed by atoms with Gasteiger partial charge < -0.3 is 10.4 Å². The van der Waals surface area contributed by atoms with E-state index in [1.54, 1.807) is 12.1 Å². The summed E-state index contributed by atoms with van der Waals surface area (Å²) in [5.41, 5.74) is 1.89. The summed E-state index contributed by atoms with van der Waals surface area (Å²) in [4.78, 5) is 13.6. The fourth-order valence-corrected chi connectivity index (χ4v) is 2.50. The van der Waals surface area contributed by atoms with E-state index in [2.05, 4.69) is 0 Å². The zero-order valence-electron chi connectivity index (χ0n) is 14.3. The second kappa shape index (κ2) is 8.82. The number of aliphatic hydroxyl groups excluding tert-OH is 1. The van der Waals surface area contributed by atoms with E-state index in [9.17, 15) is 23.1 Å². The first-order chi connectivity index (χ1) is 12.2. The molecule has 2 aromatic rings. The number of likely N-dealkylation sites (N-methyl/N-ethyl adjacent to an activating group) is 1. The van der Waals surface area contributed by atoms with Crippen LogP contribution < -0.4 is 5.32 Å². The van der Waals surface area contributed by atoms with Crippen LogP contribution in [0.1, 0.15) is 27.6 Å². The van der Waals surface area contributed by atoms with E-state index in [0.717, 1.165) is 11.1 Å². The minimum atomic E-state index is -4.43. The molecular formula is C19H21F3N2O2. The summed E-state index contributed by atoms with van der Waals surface area (Å²) in [5.74, 6) is -0.762. The number of amides is 1. The molecule has 0 fully saturated rings. The van der Waals surface area contributed by atoms with Crippen molar-refractivity contribution in [3.8, 4) is 0 Å². The van der Waals surface area contributed by atoms with Gasteiger partial charge in [-0.3, -0.25) is 9.69 Å². The summed E-state index contributed by atoms with van der Waals surface area (Å²) in [6.45, 7) is -0.389. The van der Waals surface area contributed by atoms with Gasteiger partial charge in [0.25, 0.3) is 5.91 Å². The zero-order valence-corrected chi connectivity index (χ0v) is 14.3. The summed E-state index contributed by atoms with van der Waals surface area (Å²) in [5, 5.41) is 12.1. The van der Waals surface area contributed by atoms with Gasteiger partial charge in [0.05, 0.1) is 6.10 Å². The second-order valence-electron chi connectivity index (χ2n) is 6.12. The minimum Gasteiger partial charge on any atom is -0.387 e. The number of carbonyl (C=O) groups is 1. The molecule has 0 spiro atoms. The average molecular weight is 366 g/mol. The van der Waals surface area contributed by atoms with Crippen LogP contribution in [0, 0.1) is 0 Å². The first-order valence-corrected chi connectivity index (χ1v) is 8.10. The van der Waals surface area contributed by atoms with Crippen molar-refractivity contribution in [2.24, 2.45) is 0 Å². The van der Waals surface area contributed by atoms with Crippen molar-refractivity contribution in [1.82, 2.24) is 10.2 Å². The first-order valence-electron chi connectivity index (χ1n) is 8.10. The van der Waals surface area contributed by atoms with Gasteiger partial charge >= 0.3 is 6.18 Å². The van der Waals surface area contributed by atoms with Crippen molar-refractivity contribution in [2.45, 2.75) is 18.8 Å². The highest BCUT2D eigenvalue weighted by molar-refractivity contribution is 5.94. The Morgan fingerprint density at radius 3 is 2.31 bits per heavy atom. The lowest BCUT2D eigenvalue weighted by molar-refractivity contribution is -0.123. The molecule has 1 atom stereocenters. The summed E-state index contributed by atoms with van der Waals surface area (Å²) in [6.07, 6.45) is -5.05. The van der Waals surface area contributed by atoms with Crippen LogP contribution in [0.4, 0.5) is 13.2 Å². The normalized spacial score (nSPS) is 12.8. The second-order valence-corrected chi connectivity index (χ2v) is 6.12. The molecule has 26 heavy (non-hydrogen) atoms. The van der Waals surface area contributed by atoms with Gasteiger partial charge in [0.2, 0.25) is 0 Å². The molecule has 0 radical (unpaired) electrons. The third kappa shape index (κ3) is 6.50. The van der Waals surface area contributed by atoms with E-state index < -0.39 is 24.7 Å². The standard InChI is InChI=1S/C19H21F3N2O2/c1-24(12-17(25)15-5-3-2-4-6-15)11-14-7-9-16(10-8-14)18(26)23-13-19(20,21)22/h2-10,17,25H,11-13H2,1H3,(H,23,26)/t17-/m0/s1. The number of halogens is 3. The van der Waals surface area contributed by atoms with E-state index >= 15 is 0 Å². The minimum absolute atomic E-state index is 0.171. The maximum atomic E-state index is 12.1. The number of alkyl halides is 3. The van der Waals surface area contributed by atoms with Crippen LogP contribution in [0.15, 0.2) is 54.6 Å². The lowest BCUT2D eigenvalue weighted by atomic mass is 10.1. The van der Waals surface area contributed by atoms with E-state index in [-0.39, 0.29) is 5.56 Å². The van der Waals surface area contributed by atoms with Crippen molar-refractivity contribution < 1.29 is 23.1 Å². The number of aliphatic hydroxyl groups is 1. The molecule has 1 amide bonds. The molecule has 0 aliphatic heterocycles. The molecule has 0 heterocycles. The SMILES string of the molecule is CN(Cc1ccc(C(=O)NCC(F)(F)F)cc1)C[C@H](O)c1ccccc1. The molecule has 0 unspecified atom stereocenters. The van der Waals surface area contributed by atoms with Crippen LogP contribution in [0.2, 0.25) is 0 Å². The van der Waals surface area contributed by atoms with Gasteiger partial charge in [-0.05, 0) is 30.3 Å². The molecule has 0 saturated heterocycles. The topological polar surface area (TPSA) is 52.6 Å². The average Bonchev–Trinajstić information content (AvgIpc) is 2.60. The van der Waals surface area contributed by atoms with Crippen LogP contribution in [-0.4, -0.2) is 42.2 Å². The molecular weight excluding hydrogens is 345 g/mol. The van der Waals surface area contributed by atoms with E-state index in [4.69, 9.17) is 0 Å². The van der Waals surface area contributed by atoms with Crippen LogP contribution in [0.25, 0.3) is 0 Å². The Bertz CT molecular complexity index is 703. The predicted octanol–water partition coefficient (Wildman–Crippen LogP) is 3.14. The lowest BCUT2D eigenvalue weighted by Crippen LogP contribution is -2.33. The summed E-state index contributed by atoms with van der Waals surface area (Å²) in [7, 11) is 1.86. The molecule has 0 aliphatic carbocycles. The summed E-state index contributed by atoms with van der Waals surface area (Å²) in [6, 6.07) is 15.7. The predicted molar refractivity (Wildman–Crippen MR) is 92.6 cm³/mol. The molecule has 140 valence electrons. The van der Waals surface area contributed by atoms with Gasteiger partial charge in [0.1, 0.15) is 6.54 Å². The molecule has 0 bridgehead atoms. The van der Waals surface area contributed by atoms with Crippen LogP contribution >= 0.6 is 0 Å². The van der Waals surface area contributed by atoms with Crippen molar-refractivity contribution in [2.75, 3.05) is 20.1 Å². The fourth-order valence-electron chi connectivity index (χ4n) is 2.50. The fraction of sp³-hybridized carbons (Fsp3) is 0.316. The number of hydrogen-bond donors (Lipinski definition) is 2. The molecule has 7 heteroatoms. The van der Waals surface area contributed by atoms with Gasteiger partial charge in [0, 0.05) is 18.7 Å². The Kier molecular flexibility index (Phi) is 6.76. The lowest BCUT2D eigenvalue weighted by Gasteiger charge is -2.21. The van der Waals surface area contributed by atoms with Gasteiger partial charge in [-0.1, -0.05) is 42.5 Å². The summed E-state index contributed by atoms with van der Waals surface area (Å²) < 4.78 is 36.4. The molecule has 0 aromatic heterocycles. The number of carbonyl (C=O) groups excluding carboxylic acids is 1. The molecule has 0 aliphatic rings. The Morgan fingerprint density at radius 1 is 1.12 bits per heavy atom. The van der Waals surface area contributed by atoms with Crippen molar-refractivity contribution in [1.29, 1.82) is 0 Å². The first kappa shape index (κ1) is 19.9. The third-order valence-electron chi connectivity index (χ3n) is 3.79. The number of hydrogen-bond acceptors (Lipinski definition) is 3. The van der Waals surface area contributed by atoms with E-state index in [0.29, 0.717) is 13.1 Å². The van der Waals surface area contributed by atoms with Crippen molar-refractivity contribution in [3.63, 3.8) is 0 Å². The van der Waals surface area contributed by atoms with Gasteiger partial charge in [-0.25, -0.2) is 0 Å². The molecule has 2 aromatic carbocycles. The smallest absolute Gasteiger partial charge is 0.387 e. The van der Waals surface area contributed by atoms with Crippen LogP contribution in [0.3, 0.4) is 0 Å². The van der Waals surface area contributed by atoms with Gasteiger partial charge in [0.15, 0.2) is 0 Å². The largest absolute Gasteiger partial charge is 0.405 e. The Morgan fingerprint density at radius 2 is 1.73 bits per heavy atom. The molecule has 2 rings (SSSR count). The van der Waals surface area contributed by atoms with Crippen molar-refractivity contribution in [3.05, 3.63) is 71.3 Å². The quantitative estimate of drug-likeness (QED) is 0.792.